The molecule has 0 aliphatic carbocycles. The first-order valence-electron chi connectivity index (χ1n) is 4.69. The first-order chi connectivity index (χ1) is 8.68. The molecule has 0 aliphatic rings. The molecule has 0 spiro atoms. The number of carboxylic acid groups (broad SMARTS) is 1. The van der Waals surface area contributed by atoms with E-state index in [2.05, 4.69) is 0 Å². The molecule has 104 valence electrons. The minimum absolute atomic E-state index is 0.821. The van der Waals surface area contributed by atoms with Gasteiger partial charge < -0.3 is 10.4 Å². The van der Waals surface area contributed by atoms with Crippen LogP contribution in [0.2, 0.25) is 0 Å². The van der Waals surface area contributed by atoms with Gasteiger partial charge in [0.25, 0.3) is 0 Å². The molecule has 0 saturated heterocycles. The second-order valence-electron chi connectivity index (χ2n) is 3.46. The Hall–Kier alpha value is -2.19. The van der Waals surface area contributed by atoms with E-state index >= 15 is 0 Å². The molecular formula is C10H6F5NO3. The van der Waals surface area contributed by atoms with Crippen LogP contribution in [0.5, 0.6) is 0 Å². The fourth-order valence-electron chi connectivity index (χ4n) is 1.34. The summed E-state index contributed by atoms with van der Waals surface area (Å²) in [6.07, 6.45) is 0. The zero-order valence-corrected chi connectivity index (χ0v) is 9.23. The van der Waals surface area contributed by atoms with Crippen LogP contribution in [0.15, 0.2) is 0 Å². The van der Waals surface area contributed by atoms with Crippen molar-refractivity contribution in [1.82, 2.24) is 5.32 Å². The summed E-state index contributed by atoms with van der Waals surface area (Å²) in [6, 6.07) is -2.39. The lowest BCUT2D eigenvalue weighted by Crippen LogP contribution is -2.34. The Kier molecular flexibility index (Phi) is 4.07. The van der Waals surface area contributed by atoms with Crippen LogP contribution >= 0.6 is 0 Å². The number of rotatable bonds is 3. The van der Waals surface area contributed by atoms with Crippen LogP contribution in [0, 0.1) is 29.1 Å². The number of halogens is 5. The highest BCUT2D eigenvalue weighted by atomic mass is 19.2. The van der Waals surface area contributed by atoms with Gasteiger partial charge in [-0.3, -0.25) is 4.79 Å². The second-order valence-corrected chi connectivity index (χ2v) is 3.46. The predicted molar refractivity (Wildman–Crippen MR) is 50.4 cm³/mol. The van der Waals surface area contributed by atoms with Crippen molar-refractivity contribution in [2.75, 3.05) is 0 Å². The van der Waals surface area contributed by atoms with E-state index in [9.17, 15) is 31.5 Å². The monoisotopic (exact) mass is 283 g/mol. The van der Waals surface area contributed by atoms with E-state index in [1.165, 1.54) is 0 Å². The first kappa shape index (κ1) is 14.9. The average Bonchev–Trinajstić information content (AvgIpc) is 2.32. The predicted octanol–water partition coefficient (Wildman–Crippen LogP) is 1.64. The lowest BCUT2D eigenvalue weighted by molar-refractivity contribution is -0.142. The zero-order chi connectivity index (χ0) is 14.9. The number of benzene rings is 1. The molecule has 19 heavy (non-hydrogen) atoms. The van der Waals surface area contributed by atoms with Crippen LogP contribution in [-0.2, 0) is 9.59 Å². The molecule has 0 fully saturated rings. The molecule has 2 N–H and O–H groups in total. The van der Waals surface area contributed by atoms with Crippen molar-refractivity contribution >= 4 is 11.9 Å². The van der Waals surface area contributed by atoms with Gasteiger partial charge in [0.1, 0.15) is 0 Å². The molecule has 1 aromatic rings. The number of carbonyl (C=O) groups excluding carboxylic acids is 1. The van der Waals surface area contributed by atoms with E-state index in [-0.39, 0.29) is 0 Å². The summed E-state index contributed by atoms with van der Waals surface area (Å²) >= 11 is 0. The standard InChI is InChI=1S/C10H6F5NO3/c1-2(17)16-9(10(18)19)3-4(11)6(13)8(15)7(14)5(3)12/h9H,1H3,(H,16,17)(H,18,19). The average molecular weight is 283 g/mol. The van der Waals surface area contributed by atoms with Gasteiger partial charge in [-0.2, -0.15) is 0 Å². The number of carboxylic acids is 1. The highest BCUT2D eigenvalue weighted by Gasteiger charge is 2.34. The Balaban J connectivity index is 3.55. The van der Waals surface area contributed by atoms with Crippen molar-refractivity contribution < 1.29 is 36.6 Å². The van der Waals surface area contributed by atoms with Crippen molar-refractivity contribution in [2.24, 2.45) is 0 Å². The fraction of sp³-hybridized carbons (Fsp3) is 0.200. The van der Waals surface area contributed by atoms with Crippen LogP contribution in [0.4, 0.5) is 22.0 Å². The maximum Gasteiger partial charge on any atom is 0.331 e. The van der Waals surface area contributed by atoms with E-state index in [1.807, 2.05) is 0 Å². The minimum Gasteiger partial charge on any atom is -0.479 e. The summed E-state index contributed by atoms with van der Waals surface area (Å²) in [5, 5.41) is 10.3. The quantitative estimate of drug-likeness (QED) is 0.503. The van der Waals surface area contributed by atoms with Crippen LogP contribution in [-0.4, -0.2) is 17.0 Å². The number of carbonyl (C=O) groups is 2. The fourth-order valence-corrected chi connectivity index (χ4v) is 1.34. The van der Waals surface area contributed by atoms with Crippen LogP contribution < -0.4 is 5.32 Å². The zero-order valence-electron chi connectivity index (χ0n) is 9.23. The molecule has 0 aliphatic heterocycles. The number of amides is 1. The molecule has 0 saturated carbocycles. The molecule has 4 nitrogen and oxygen atoms in total. The molecule has 1 rings (SSSR count). The van der Waals surface area contributed by atoms with Crippen molar-refractivity contribution in [3.8, 4) is 0 Å². The molecule has 1 unspecified atom stereocenters. The number of hydrogen-bond acceptors (Lipinski definition) is 2. The Morgan fingerprint density at radius 3 is 1.63 bits per heavy atom. The number of hydrogen-bond donors (Lipinski definition) is 2. The largest absolute Gasteiger partial charge is 0.479 e. The van der Waals surface area contributed by atoms with E-state index in [1.54, 1.807) is 5.32 Å². The van der Waals surface area contributed by atoms with Gasteiger partial charge in [0, 0.05) is 6.92 Å². The van der Waals surface area contributed by atoms with Gasteiger partial charge in [0.2, 0.25) is 11.7 Å². The van der Waals surface area contributed by atoms with Gasteiger partial charge in [-0.05, 0) is 0 Å². The smallest absolute Gasteiger partial charge is 0.331 e. The normalized spacial score (nSPS) is 12.1. The molecule has 0 radical (unpaired) electrons. The first-order valence-corrected chi connectivity index (χ1v) is 4.69. The minimum atomic E-state index is -2.41. The molecule has 0 bridgehead atoms. The molecule has 1 atom stereocenters. The maximum absolute atomic E-state index is 13.3. The van der Waals surface area contributed by atoms with Gasteiger partial charge in [-0.15, -0.1) is 0 Å². The summed E-state index contributed by atoms with van der Waals surface area (Å²) < 4.78 is 65.2. The van der Waals surface area contributed by atoms with E-state index in [0.717, 1.165) is 6.92 Å². The third-order valence-electron chi connectivity index (χ3n) is 2.13. The summed E-state index contributed by atoms with van der Waals surface area (Å²) in [6.45, 7) is 0.821. The van der Waals surface area contributed by atoms with Gasteiger partial charge in [-0.25, -0.2) is 26.7 Å². The Labute approximate surface area is 102 Å². The topological polar surface area (TPSA) is 66.4 Å². The van der Waals surface area contributed by atoms with Crippen molar-refractivity contribution in [3.05, 3.63) is 34.6 Å². The summed E-state index contributed by atoms with van der Waals surface area (Å²) in [5.41, 5.74) is -1.63. The third kappa shape index (κ3) is 2.64. The summed E-state index contributed by atoms with van der Waals surface area (Å²) in [4.78, 5) is 21.5. The Morgan fingerprint density at radius 2 is 1.32 bits per heavy atom. The summed E-state index contributed by atoms with van der Waals surface area (Å²) in [5.74, 6) is -14.6. The summed E-state index contributed by atoms with van der Waals surface area (Å²) in [7, 11) is 0. The number of aliphatic carboxylic acids is 1. The van der Waals surface area contributed by atoms with Crippen molar-refractivity contribution in [2.45, 2.75) is 13.0 Å². The second kappa shape index (κ2) is 5.21. The van der Waals surface area contributed by atoms with E-state index in [0.29, 0.717) is 0 Å². The molecule has 0 aromatic heterocycles. The van der Waals surface area contributed by atoms with Gasteiger partial charge in [-0.1, -0.05) is 0 Å². The van der Waals surface area contributed by atoms with E-state index < -0.39 is 52.6 Å². The molecule has 1 amide bonds. The third-order valence-corrected chi connectivity index (χ3v) is 2.13. The highest BCUT2D eigenvalue weighted by Crippen LogP contribution is 2.28. The molecular weight excluding hydrogens is 277 g/mol. The SMILES string of the molecule is CC(=O)NC(C(=O)O)c1c(F)c(F)c(F)c(F)c1F. The number of nitrogens with one attached hydrogen (secondary N) is 1. The molecule has 9 heteroatoms. The van der Waals surface area contributed by atoms with Crippen molar-refractivity contribution in [3.63, 3.8) is 0 Å². The van der Waals surface area contributed by atoms with Crippen LogP contribution in [0.3, 0.4) is 0 Å². The van der Waals surface area contributed by atoms with E-state index in [4.69, 9.17) is 5.11 Å². The van der Waals surface area contributed by atoms with Crippen molar-refractivity contribution in [1.29, 1.82) is 0 Å². The Morgan fingerprint density at radius 1 is 0.947 bits per heavy atom. The lowest BCUT2D eigenvalue weighted by atomic mass is 10.0. The van der Waals surface area contributed by atoms with Gasteiger partial charge in [0.05, 0.1) is 5.56 Å². The highest BCUT2D eigenvalue weighted by molar-refractivity contribution is 5.83. The Bertz CT molecular complexity index is 532. The van der Waals surface area contributed by atoms with Crippen LogP contribution in [0.1, 0.15) is 18.5 Å². The lowest BCUT2D eigenvalue weighted by Gasteiger charge is -2.16. The maximum atomic E-state index is 13.3. The molecule has 0 heterocycles. The molecule has 1 aromatic carbocycles. The van der Waals surface area contributed by atoms with Gasteiger partial charge in [0.15, 0.2) is 29.3 Å². The van der Waals surface area contributed by atoms with Gasteiger partial charge >= 0.3 is 5.97 Å². The van der Waals surface area contributed by atoms with Crippen LogP contribution in [0.25, 0.3) is 0 Å².